The standard InChI is InChI=1S/C47H63N3O9/c1-3-23-50(45(53)33-19-20-33)41-30-39(49-59-42-18-10-13-27-55-42)37-28-34(16-8-11-24-51)36(17-9-12-25-52)43-38-29-35(57-46(54)48-31-32-14-6-5-7-15-32)21-22-40(38)58-47(41,44(37)43)56-26-4-2/h4-7,14-15,21-22,28-29,33-34,36,41-44,51-52H,2-3,8-13,16-20,23-27,30-31H2,1H3,(H,48,54)/t34-,36+,41-,42?,43+,44+,47+/m0/s1. The molecule has 2 heterocycles. The van der Waals surface area contributed by atoms with Crippen molar-refractivity contribution in [2.24, 2.45) is 28.8 Å². The second-order valence-electron chi connectivity index (χ2n) is 16.7. The van der Waals surface area contributed by atoms with Gasteiger partial charge < -0.3 is 44.2 Å². The summed E-state index contributed by atoms with van der Waals surface area (Å²) >= 11 is 0. The van der Waals surface area contributed by atoms with Crippen molar-refractivity contribution in [2.45, 2.75) is 121 Å². The number of benzene rings is 2. The number of amides is 2. The van der Waals surface area contributed by atoms with Crippen LogP contribution < -0.4 is 14.8 Å². The maximum absolute atomic E-state index is 14.4. The highest BCUT2D eigenvalue weighted by atomic mass is 16.8. The van der Waals surface area contributed by atoms with Crippen LogP contribution in [0.4, 0.5) is 4.79 Å². The molecule has 2 aliphatic heterocycles. The number of oxime groups is 1. The number of nitrogens with one attached hydrogen (secondary N) is 1. The fraction of sp³-hybridized carbons (Fsp3) is 0.596. The summed E-state index contributed by atoms with van der Waals surface area (Å²) in [5.41, 5.74) is 3.56. The lowest BCUT2D eigenvalue weighted by Gasteiger charge is -2.60. The predicted octanol–water partition coefficient (Wildman–Crippen LogP) is 7.78. The van der Waals surface area contributed by atoms with Crippen LogP contribution in [0.1, 0.15) is 107 Å². The van der Waals surface area contributed by atoms with Crippen LogP contribution in [0.2, 0.25) is 0 Å². The summed E-state index contributed by atoms with van der Waals surface area (Å²) in [5, 5.41) is 27.6. The van der Waals surface area contributed by atoms with Crippen LogP contribution in [-0.4, -0.2) is 83.9 Å². The Kier molecular flexibility index (Phi) is 14.8. The van der Waals surface area contributed by atoms with E-state index in [1.54, 1.807) is 12.1 Å². The van der Waals surface area contributed by atoms with Gasteiger partial charge in [0.05, 0.1) is 24.8 Å². The van der Waals surface area contributed by atoms with E-state index in [2.05, 4.69) is 24.9 Å². The molecular weight excluding hydrogens is 751 g/mol. The lowest BCUT2D eigenvalue weighted by molar-refractivity contribution is -0.258. The Hall–Kier alpha value is -4.23. The first-order chi connectivity index (χ1) is 28.9. The van der Waals surface area contributed by atoms with Gasteiger partial charge in [-0.15, -0.1) is 6.58 Å². The zero-order valence-electron chi connectivity index (χ0n) is 34.6. The number of aliphatic hydroxyl groups is 2. The topological polar surface area (TPSA) is 148 Å². The van der Waals surface area contributed by atoms with Crippen LogP contribution in [-0.2, 0) is 25.7 Å². The van der Waals surface area contributed by atoms with Gasteiger partial charge in [-0.2, -0.15) is 0 Å². The number of aliphatic hydroxyl groups excluding tert-OH is 2. The lowest BCUT2D eigenvalue weighted by Crippen LogP contribution is -2.70. The minimum atomic E-state index is -1.32. The second kappa shape index (κ2) is 20.4. The molecule has 2 saturated carbocycles. The number of unbranched alkanes of at least 4 members (excludes halogenated alkanes) is 2. The SMILES string of the molecule is C=CCO[C@@]12Oc3ccc(OC(=O)NCc4ccccc4)cc3[C@H]3[C@H](CCCCO)[C@@H](CCCCO)C=C(C(=NOC4CCCCO4)C[C@@H]1N(CCC)C(=O)C1CC1)[C@H]32. The average Bonchev–Trinajstić information content (AvgIpc) is 4.11. The molecule has 5 aliphatic rings. The summed E-state index contributed by atoms with van der Waals surface area (Å²) in [4.78, 5) is 35.9. The van der Waals surface area contributed by atoms with E-state index in [1.165, 1.54) is 0 Å². The number of carbonyl (C=O) groups is 2. The van der Waals surface area contributed by atoms with Gasteiger partial charge in [0.15, 0.2) is 0 Å². The number of ether oxygens (including phenoxy) is 4. The molecule has 3 N–H and O–H groups in total. The van der Waals surface area contributed by atoms with E-state index in [0.717, 1.165) is 86.6 Å². The maximum atomic E-state index is 14.4. The van der Waals surface area contributed by atoms with Gasteiger partial charge >= 0.3 is 6.09 Å². The number of nitrogens with zero attached hydrogens (tertiary/aromatic N) is 2. The molecule has 2 aromatic carbocycles. The normalized spacial score (nSPS) is 27.7. The summed E-state index contributed by atoms with van der Waals surface area (Å²) in [6, 6.07) is 14.7. The molecule has 1 saturated heterocycles. The highest BCUT2D eigenvalue weighted by Gasteiger charge is 2.65. The van der Waals surface area contributed by atoms with Crippen molar-refractivity contribution in [1.29, 1.82) is 0 Å². The molecule has 7 atom stereocenters. The fourth-order valence-corrected chi connectivity index (χ4v) is 9.77. The number of hydrogen-bond acceptors (Lipinski definition) is 10. The van der Waals surface area contributed by atoms with Crippen molar-refractivity contribution in [3.05, 3.63) is 84.0 Å². The van der Waals surface area contributed by atoms with Crippen LogP contribution >= 0.6 is 0 Å². The molecule has 320 valence electrons. The third-order valence-electron chi connectivity index (χ3n) is 12.6. The van der Waals surface area contributed by atoms with E-state index < -0.39 is 30.1 Å². The first kappa shape index (κ1) is 42.9. The largest absolute Gasteiger partial charge is 0.459 e. The molecule has 3 aliphatic carbocycles. The highest BCUT2D eigenvalue weighted by Crippen LogP contribution is 2.62. The first-order valence-corrected chi connectivity index (χ1v) is 22.1. The Morgan fingerprint density at radius 1 is 1.03 bits per heavy atom. The van der Waals surface area contributed by atoms with Crippen LogP contribution in [0.15, 0.2) is 78.0 Å². The average molecular weight is 814 g/mol. The van der Waals surface area contributed by atoms with Crippen molar-refractivity contribution in [3.8, 4) is 11.5 Å². The predicted molar refractivity (Wildman–Crippen MR) is 224 cm³/mol. The molecule has 3 fully saturated rings. The van der Waals surface area contributed by atoms with Crippen LogP contribution in [0, 0.1) is 23.7 Å². The summed E-state index contributed by atoms with van der Waals surface area (Å²) in [7, 11) is 0. The molecule has 12 heteroatoms. The summed E-state index contributed by atoms with van der Waals surface area (Å²) in [6.45, 7) is 7.98. The number of allylic oxidation sites excluding steroid dienone is 1. The third-order valence-corrected chi connectivity index (χ3v) is 12.6. The Labute approximate surface area is 348 Å². The zero-order valence-corrected chi connectivity index (χ0v) is 34.6. The molecule has 0 radical (unpaired) electrons. The molecule has 0 spiro atoms. The van der Waals surface area contributed by atoms with Crippen LogP contribution in [0.5, 0.6) is 11.5 Å². The summed E-state index contributed by atoms with van der Waals surface area (Å²) in [5.74, 6) is -0.792. The third kappa shape index (κ3) is 9.88. The first-order valence-electron chi connectivity index (χ1n) is 22.1. The van der Waals surface area contributed by atoms with Gasteiger partial charge in [-0.05, 0) is 99.0 Å². The van der Waals surface area contributed by atoms with E-state index in [0.29, 0.717) is 50.5 Å². The van der Waals surface area contributed by atoms with Gasteiger partial charge in [-0.25, -0.2) is 4.79 Å². The van der Waals surface area contributed by atoms with E-state index in [-0.39, 0.29) is 49.4 Å². The Bertz CT molecular complexity index is 1790. The van der Waals surface area contributed by atoms with Gasteiger partial charge in [-0.3, -0.25) is 4.79 Å². The van der Waals surface area contributed by atoms with Gasteiger partial charge in [0.2, 0.25) is 18.0 Å². The maximum Gasteiger partial charge on any atom is 0.412 e. The van der Waals surface area contributed by atoms with Gasteiger partial charge in [0, 0.05) is 56.5 Å². The quantitative estimate of drug-likeness (QED) is 0.0693. The molecular formula is C47H63N3O9. The van der Waals surface area contributed by atoms with Crippen molar-refractivity contribution < 1.29 is 43.6 Å². The van der Waals surface area contributed by atoms with Gasteiger partial charge in [-0.1, -0.05) is 67.4 Å². The Balaban J connectivity index is 1.37. The van der Waals surface area contributed by atoms with E-state index in [9.17, 15) is 19.8 Å². The van der Waals surface area contributed by atoms with Crippen molar-refractivity contribution in [1.82, 2.24) is 10.2 Å². The number of carbonyl (C=O) groups excluding carboxylic acids is 2. The van der Waals surface area contributed by atoms with Crippen molar-refractivity contribution >= 4 is 17.7 Å². The summed E-state index contributed by atoms with van der Waals surface area (Å²) < 4.78 is 26.3. The number of rotatable bonds is 20. The molecule has 0 aromatic heterocycles. The Morgan fingerprint density at radius 3 is 2.54 bits per heavy atom. The smallest absolute Gasteiger partial charge is 0.412 e. The minimum Gasteiger partial charge on any atom is -0.459 e. The molecule has 59 heavy (non-hydrogen) atoms. The highest BCUT2D eigenvalue weighted by molar-refractivity contribution is 6.03. The summed E-state index contributed by atoms with van der Waals surface area (Å²) in [6.07, 6.45) is 13.2. The fourth-order valence-electron chi connectivity index (χ4n) is 9.77. The zero-order chi connectivity index (χ0) is 41.2. The minimum absolute atomic E-state index is 0.0323. The monoisotopic (exact) mass is 813 g/mol. The van der Waals surface area contributed by atoms with Crippen molar-refractivity contribution in [3.63, 3.8) is 0 Å². The molecule has 2 amide bonds. The lowest BCUT2D eigenvalue weighted by atomic mass is 9.55. The molecule has 1 unspecified atom stereocenters. The van der Waals surface area contributed by atoms with Crippen molar-refractivity contribution in [2.75, 3.05) is 33.0 Å². The molecule has 2 aromatic rings. The van der Waals surface area contributed by atoms with Crippen LogP contribution in [0.25, 0.3) is 0 Å². The van der Waals surface area contributed by atoms with E-state index in [4.69, 9.17) is 28.9 Å². The molecule has 0 bridgehead atoms. The molecule has 7 rings (SSSR count). The molecule has 12 nitrogen and oxygen atoms in total. The van der Waals surface area contributed by atoms with Crippen LogP contribution in [0.3, 0.4) is 0 Å². The van der Waals surface area contributed by atoms with Gasteiger partial charge in [0.1, 0.15) is 17.5 Å². The van der Waals surface area contributed by atoms with Gasteiger partial charge in [0.25, 0.3) is 0 Å². The number of hydrogen-bond donors (Lipinski definition) is 3. The Morgan fingerprint density at radius 2 is 1.83 bits per heavy atom. The van der Waals surface area contributed by atoms with E-state index in [1.807, 2.05) is 47.4 Å². The number of fused-ring (bicyclic) bond motifs is 2. The van der Waals surface area contributed by atoms with E-state index >= 15 is 0 Å². The second-order valence-corrected chi connectivity index (χ2v) is 16.7.